The van der Waals surface area contributed by atoms with E-state index in [0.29, 0.717) is 5.56 Å². The van der Waals surface area contributed by atoms with E-state index in [0.717, 1.165) is 14.9 Å². The summed E-state index contributed by atoms with van der Waals surface area (Å²) in [6.45, 7) is 0.164. The van der Waals surface area contributed by atoms with Gasteiger partial charge in [0.25, 0.3) is 5.91 Å². The molecule has 0 aromatic heterocycles. The van der Waals surface area contributed by atoms with Crippen LogP contribution in [0.2, 0.25) is 0 Å². The van der Waals surface area contributed by atoms with Crippen molar-refractivity contribution in [2.24, 2.45) is 0 Å². The molecule has 0 spiro atoms. The molecule has 1 fully saturated rings. The van der Waals surface area contributed by atoms with Crippen molar-refractivity contribution in [3.8, 4) is 17.2 Å². The number of urea groups is 1. The van der Waals surface area contributed by atoms with E-state index in [9.17, 15) is 14.7 Å². The number of rotatable bonds is 5. The quantitative estimate of drug-likeness (QED) is 0.559. The second kappa shape index (κ2) is 7.71. The Balaban J connectivity index is 1.87. The number of hydrogen-bond donors (Lipinski definition) is 2. The van der Waals surface area contributed by atoms with E-state index in [4.69, 9.17) is 9.47 Å². The monoisotopic (exact) mass is 432 g/mol. The first-order valence-electron chi connectivity index (χ1n) is 7.97. The maximum atomic E-state index is 12.6. The molecule has 0 aliphatic carbocycles. The summed E-state index contributed by atoms with van der Waals surface area (Å²) in [6.07, 6.45) is 1.51. The first kappa shape index (κ1) is 18.8. The fourth-order valence-corrected chi connectivity index (χ4v) is 2.92. The first-order chi connectivity index (χ1) is 12.9. The molecule has 0 atom stereocenters. The summed E-state index contributed by atoms with van der Waals surface area (Å²) in [5.74, 6) is -0.177. The second-order valence-corrected chi connectivity index (χ2v) is 6.70. The number of phenolic OH excluding ortho intramolecular Hbond substituents is 1. The van der Waals surface area contributed by atoms with Crippen LogP contribution in [0.3, 0.4) is 0 Å². The minimum Gasteiger partial charge on any atom is -0.502 e. The lowest BCUT2D eigenvalue weighted by Crippen LogP contribution is -2.30. The van der Waals surface area contributed by atoms with Gasteiger partial charge in [-0.05, 0) is 41.5 Å². The Morgan fingerprint density at radius 1 is 1.11 bits per heavy atom. The molecule has 0 unspecified atom stereocenters. The van der Waals surface area contributed by atoms with E-state index in [1.54, 1.807) is 12.1 Å². The van der Waals surface area contributed by atoms with Crippen LogP contribution in [0.4, 0.5) is 4.79 Å². The summed E-state index contributed by atoms with van der Waals surface area (Å²) < 4.78 is 11.1. The van der Waals surface area contributed by atoms with Crippen molar-refractivity contribution in [3.05, 3.63) is 57.7 Å². The van der Waals surface area contributed by atoms with Gasteiger partial charge in [0.15, 0.2) is 11.5 Å². The molecule has 140 valence electrons. The Kier molecular flexibility index (Phi) is 5.36. The van der Waals surface area contributed by atoms with Gasteiger partial charge in [0.2, 0.25) is 5.75 Å². The highest BCUT2D eigenvalue weighted by Crippen LogP contribution is 2.37. The SMILES string of the molecule is COc1cc(/C=C2/NC(=O)N(Cc3ccc(Br)cc3)C2=O)cc(OC)c1O. The topological polar surface area (TPSA) is 88.1 Å². The number of phenols is 1. The average Bonchev–Trinajstić information content (AvgIpc) is 2.92. The summed E-state index contributed by atoms with van der Waals surface area (Å²) in [6, 6.07) is 9.96. The van der Waals surface area contributed by atoms with Crippen LogP contribution in [0.1, 0.15) is 11.1 Å². The summed E-state index contributed by atoms with van der Waals surface area (Å²) >= 11 is 3.35. The van der Waals surface area contributed by atoms with Crippen LogP contribution < -0.4 is 14.8 Å². The lowest BCUT2D eigenvalue weighted by atomic mass is 10.1. The zero-order chi connectivity index (χ0) is 19.6. The molecule has 2 N–H and O–H groups in total. The van der Waals surface area contributed by atoms with Crippen molar-refractivity contribution >= 4 is 33.9 Å². The number of carbonyl (C=O) groups excluding carboxylic acids is 2. The van der Waals surface area contributed by atoms with Crippen LogP contribution in [0.5, 0.6) is 17.2 Å². The number of hydrogen-bond acceptors (Lipinski definition) is 5. The molecule has 27 heavy (non-hydrogen) atoms. The number of nitrogens with one attached hydrogen (secondary N) is 1. The minimum absolute atomic E-state index is 0.131. The predicted octanol–water partition coefficient (Wildman–Crippen LogP) is 3.26. The molecule has 1 saturated heterocycles. The molecule has 0 saturated carbocycles. The molecular weight excluding hydrogens is 416 g/mol. The van der Waals surface area contributed by atoms with Crippen LogP contribution in [-0.2, 0) is 11.3 Å². The van der Waals surface area contributed by atoms with E-state index >= 15 is 0 Å². The molecule has 1 aliphatic rings. The number of ether oxygens (including phenoxy) is 2. The Labute approximate surface area is 164 Å². The predicted molar refractivity (Wildman–Crippen MR) is 102 cm³/mol. The average molecular weight is 433 g/mol. The number of benzene rings is 2. The van der Waals surface area contributed by atoms with Crippen molar-refractivity contribution < 1.29 is 24.2 Å². The van der Waals surface area contributed by atoms with Crippen molar-refractivity contribution in [2.75, 3.05) is 14.2 Å². The van der Waals surface area contributed by atoms with Gasteiger partial charge < -0.3 is 19.9 Å². The van der Waals surface area contributed by atoms with Gasteiger partial charge >= 0.3 is 6.03 Å². The van der Waals surface area contributed by atoms with Crippen molar-refractivity contribution in [3.63, 3.8) is 0 Å². The van der Waals surface area contributed by atoms with E-state index in [-0.39, 0.29) is 29.5 Å². The van der Waals surface area contributed by atoms with Gasteiger partial charge in [0.05, 0.1) is 20.8 Å². The smallest absolute Gasteiger partial charge is 0.329 e. The largest absolute Gasteiger partial charge is 0.502 e. The summed E-state index contributed by atoms with van der Waals surface area (Å²) in [5.41, 5.74) is 1.50. The van der Waals surface area contributed by atoms with Crippen LogP contribution in [-0.4, -0.2) is 36.2 Å². The number of aromatic hydroxyl groups is 1. The number of carbonyl (C=O) groups is 2. The Morgan fingerprint density at radius 2 is 1.70 bits per heavy atom. The Morgan fingerprint density at radius 3 is 2.26 bits per heavy atom. The van der Waals surface area contributed by atoms with E-state index < -0.39 is 11.9 Å². The fourth-order valence-electron chi connectivity index (χ4n) is 2.65. The van der Waals surface area contributed by atoms with E-state index in [1.165, 1.54) is 20.3 Å². The van der Waals surface area contributed by atoms with Crippen LogP contribution in [0.15, 0.2) is 46.6 Å². The third-order valence-corrected chi connectivity index (χ3v) is 4.56. The molecule has 2 aromatic carbocycles. The van der Waals surface area contributed by atoms with Crippen molar-refractivity contribution in [2.45, 2.75) is 6.54 Å². The zero-order valence-corrected chi connectivity index (χ0v) is 16.2. The Hall–Kier alpha value is -3.00. The van der Waals surface area contributed by atoms with Crippen LogP contribution in [0, 0.1) is 0 Å². The number of amides is 3. The van der Waals surface area contributed by atoms with Crippen molar-refractivity contribution in [1.29, 1.82) is 0 Å². The highest BCUT2D eigenvalue weighted by atomic mass is 79.9. The first-order valence-corrected chi connectivity index (χ1v) is 8.76. The van der Waals surface area contributed by atoms with Gasteiger partial charge in [0, 0.05) is 4.47 Å². The molecular formula is C19H17BrN2O5. The van der Waals surface area contributed by atoms with Gasteiger partial charge in [-0.2, -0.15) is 0 Å². The summed E-state index contributed by atoms with van der Waals surface area (Å²) in [4.78, 5) is 26.0. The maximum absolute atomic E-state index is 12.6. The third kappa shape index (κ3) is 3.90. The number of halogens is 1. The third-order valence-electron chi connectivity index (χ3n) is 4.03. The molecule has 2 aromatic rings. The van der Waals surface area contributed by atoms with Gasteiger partial charge in [-0.1, -0.05) is 28.1 Å². The molecule has 3 rings (SSSR count). The molecule has 1 aliphatic heterocycles. The molecule has 7 nitrogen and oxygen atoms in total. The van der Waals surface area contributed by atoms with E-state index in [1.807, 2.05) is 24.3 Å². The Bertz CT molecular complexity index is 899. The lowest BCUT2D eigenvalue weighted by Gasteiger charge is -2.12. The van der Waals surface area contributed by atoms with Crippen LogP contribution >= 0.6 is 15.9 Å². The number of imide groups is 1. The molecule has 3 amide bonds. The summed E-state index contributed by atoms with van der Waals surface area (Å²) in [5, 5.41) is 12.5. The number of nitrogens with zero attached hydrogens (tertiary/aromatic N) is 1. The zero-order valence-electron chi connectivity index (χ0n) is 14.7. The maximum Gasteiger partial charge on any atom is 0.329 e. The minimum atomic E-state index is -0.494. The second-order valence-electron chi connectivity index (χ2n) is 5.78. The summed E-state index contributed by atoms with van der Waals surface area (Å²) in [7, 11) is 2.82. The molecule has 0 bridgehead atoms. The normalized spacial score (nSPS) is 15.2. The van der Waals surface area contributed by atoms with Crippen LogP contribution in [0.25, 0.3) is 6.08 Å². The van der Waals surface area contributed by atoms with Crippen molar-refractivity contribution in [1.82, 2.24) is 10.2 Å². The fraction of sp³-hybridized carbons (Fsp3) is 0.158. The van der Waals surface area contributed by atoms with Gasteiger partial charge in [-0.15, -0.1) is 0 Å². The highest BCUT2D eigenvalue weighted by molar-refractivity contribution is 9.10. The molecule has 8 heteroatoms. The molecule has 0 radical (unpaired) electrons. The van der Waals surface area contributed by atoms with Gasteiger partial charge in [-0.3, -0.25) is 9.69 Å². The van der Waals surface area contributed by atoms with E-state index in [2.05, 4.69) is 21.2 Å². The highest BCUT2D eigenvalue weighted by Gasteiger charge is 2.33. The standard InChI is InChI=1S/C19H17BrN2O5/c1-26-15-8-12(9-16(27-2)17(15)23)7-14-18(24)22(19(25)21-14)10-11-3-5-13(20)6-4-11/h3-9,23H,10H2,1-2H3,(H,21,25)/b14-7+. The van der Waals surface area contributed by atoms with Gasteiger partial charge in [0.1, 0.15) is 5.70 Å². The molecule has 1 heterocycles. The lowest BCUT2D eigenvalue weighted by molar-refractivity contribution is -0.123. The van der Waals surface area contributed by atoms with Gasteiger partial charge in [-0.25, -0.2) is 4.79 Å². The number of methoxy groups -OCH3 is 2.